The van der Waals surface area contributed by atoms with Crippen LogP contribution < -0.4 is 0 Å². The zero-order valence-corrected chi connectivity index (χ0v) is 21.2. The van der Waals surface area contributed by atoms with Gasteiger partial charge in [0.05, 0.1) is 35.6 Å². The Kier molecular flexibility index (Phi) is 6.45. The first kappa shape index (κ1) is 26.2. The predicted molar refractivity (Wildman–Crippen MR) is 127 cm³/mol. The SMILES string of the molecule is CC(C)C(O)CC(O)C(C)(O)[C@H]1CC[C@@]2(O)C3=CC(=O)[C@@H]4C[C@@H](O)[C@@H](O)C[C@]4(C)C3CC[C@]12C. The molecule has 4 unspecified atom stereocenters. The van der Waals surface area contributed by atoms with Gasteiger partial charge >= 0.3 is 0 Å². The van der Waals surface area contributed by atoms with Gasteiger partial charge in [-0.3, -0.25) is 4.79 Å². The molecule has 0 aliphatic heterocycles. The first-order chi connectivity index (χ1) is 15.6. The van der Waals surface area contributed by atoms with Gasteiger partial charge < -0.3 is 30.6 Å². The number of carbonyl (C=O) groups is 1. The number of carbonyl (C=O) groups excluding carboxylic acids is 1. The van der Waals surface area contributed by atoms with E-state index >= 15 is 0 Å². The fourth-order valence-electron chi connectivity index (χ4n) is 8.28. The molecule has 0 radical (unpaired) electrons. The van der Waals surface area contributed by atoms with Crippen LogP contribution in [0, 0.1) is 34.5 Å². The van der Waals surface area contributed by atoms with Crippen molar-refractivity contribution in [1.29, 1.82) is 0 Å². The molecule has 0 aromatic rings. The minimum Gasteiger partial charge on any atom is -0.393 e. The van der Waals surface area contributed by atoms with Crippen LogP contribution in [0.3, 0.4) is 0 Å². The number of aliphatic hydroxyl groups is 6. The molecule has 4 aliphatic carbocycles. The first-order valence-electron chi connectivity index (χ1n) is 13.0. The number of aliphatic hydroxyl groups excluding tert-OH is 4. The van der Waals surface area contributed by atoms with Gasteiger partial charge in [-0.05, 0) is 80.3 Å². The highest BCUT2D eigenvalue weighted by Gasteiger charge is 2.69. The molecule has 0 saturated heterocycles. The molecule has 7 heteroatoms. The zero-order valence-electron chi connectivity index (χ0n) is 21.2. The highest BCUT2D eigenvalue weighted by atomic mass is 16.3. The van der Waals surface area contributed by atoms with E-state index in [9.17, 15) is 35.4 Å². The van der Waals surface area contributed by atoms with Crippen molar-refractivity contribution in [2.24, 2.45) is 34.5 Å². The Labute approximate surface area is 202 Å². The summed E-state index contributed by atoms with van der Waals surface area (Å²) in [5, 5.41) is 65.7. The Balaban J connectivity index is 1.68. The fraction of sp³-hybridized carbons (Fsp3) is 0.889. The summed E-state index contributed by atoms with van der Waals surface area (Å²) < 4.78 is 0. The Morgan fingerprint density at radius 3 is 2.35 bits per heavy atom. The van der Waals surface area contributed by atoms with Crippen LogP contribution in [0.15, 0.2) is 11.6 Å². The van der Waals surface area contributed by atoms with E-state index in [1.807, 2.05) is 27.7 Å². The molecule has 7 nitrogen and oxygen atoms in total. The van der Waals surface area contributed by atoms with Crippen molar-refractivity contribution in [2.75, 3.05) is 0 Å². The molecule has 4 aliphatic rings. The van der Waals surface area contributed by atoms with Crippen molar-refractivity contribution in [3.8, 4) is 0 Å². The van der Waals surface area contributed by atoms with Crippen molar-refractivity contribution >= 4 is 5.78 Å². The van der Waals surface area contributed by atoms with Crippen LogP contribution in [0.2, 0.25) is 0 Å². The molecule has 0 amide bonds. The number of fused-ring (bicyclic) bond motifs is 5. The smallest absolute Gasteiger partial charge is 0.159 e. The summed E-state index contributed by atoms with van der Waals surface area (Å²) >= 11 is 0. The van der Waals surface area contributed by atoms with Crippen molar-refractivity contribution in [1.82, 2.24) is 0 Å². The Morgan fingerprint density at radius 2 is 1.74 bits per heavy atom. The quantitative estimate of drug-likeness (QED) is 0.352. The molecule has 34 heavy (non-hydrogen) atoms. The number of hydrogen-bond acceptors (Lipinski definition) is 7. The third-order valence-corrected chi connectivity index (χ3v) is 10.7. The summed E-state index contributed by atoms with van der Waals surface area (Å²) in [5.41, 5.74) is -3.41. The lowest BCUT2D eigenvalue weighted by atomic mass is 9.45. The van der Waals surface area contributed by atoms with Gasteiger partial charge in [0.2, 0.25) is 0 Å². The van der Waals surface area contributed by atoms with E-state index in [4.69, 9.17) is 0 Å². The van der Waals surface area contributed by atoms with E-state index < -0.39 is 52.4 Å². The van der Waals surface area contributed by atoms with Crippen LogP contribution in [-0.2, 0) is 4.79 Å². The first-order valence-corrected chi connectivity index (χ1v) is 13.0. The Morgan fingerprint density at radius 1 is 1.09 bits per heavy atom. The van der Waals surface area contributed by atoms with Gasteiger partial charge in [-0.15, -0.1) is 0 Å². The lowest BCUT2D eigenvalue weighted by Crippen LogP contribution is -2.63. The molecule has 3 saturated carbocycles. The van der Waals surface area contributed by atoms with Crippen LogP contribution in [0.5, 0.6) is 0 Å². The number of allylic oxidation sites excluding steroid dienone is 1. The molecule has 194 valence electrons. The van der Waals surface area contributed by atoms with Crippen molar-refractivity contribution < 1.29 is 35.4 Å². The van der Waals surface area contributed by atoms with Gasteiger partial charge in [-0.1, -0.05) is 27.7 Å². The normalized spacial score (nSPS) is 47.8. The van der Waals surface area contributed by atoms with Gasteiger partial charge in [0.25, 0.3) is 0 Å². The molecule has 4 rings (SSSR count). The van der Waals surface area contributed by atoms with Crippen LogP contribution >= 0.6 is 0 Å². The van der Waals surface area contributed by atoms with Crippen LogP contribution in [0.25, 0.3) is 0 Å². The molecular formula is C27H44O7. The number of rotatable bonds is 5. The maximum Gasteiger partial charge on any atom is 0.159 e. The van der Waals surface area contributed by atoms with Crippen LogP contribution in [0.4, 0.5) is 0 Å². The third-order valence-electron chi connectivity index (χ3n) is 10.7. The second-order valence-electron chi connectivity index (χ2n) is 12.9. The summed E-state index contributed by atoms with van der Waals surface area (Å²) in [7, 11) is 0. The van der Waals surface area contributed by atoms with E-state index in [2.05, 4.69) is 0 Å². The second kappa shape index (κ2) is 8.35. The lowest BCUT2D eigenvalue weighted by molar-refractivity contribution is -0.179. The molecular weight excluding hydrogens is 436 g/mol. The summed E-state index contributed by atoms with van der Waals surface area (Å²) in [6, 6.07) is 0. The van der Waals surface area contributed by atoms with E-state index in [0.29, 0.717) is 37.7 Å². The maximum atomic E-state index is 13.3. The summed E-state index contributed by atoms with van der Waals surface area (Å²) in [5.74, 6) is -1.04. The van der Waals surface area contributed by atoms with E-state index in [1.54, 1.807) is 13.0 Å². The van der Waals surface area contributed by atoms with E-state index in [1.165, 1.54) is 0 Å². The zero-order chi connectivity index (χ0) is 25.4. The molecule has 0 heterocycles. The lowest BCUT2D eigenvalue weighted by Gasteiger charge is -2.60. The molecule has 0 aromatic carbocycles. The van der Waals surface area contributed by atoms with Crippen molar-refractivity contribution in [3.63, 3.8) is 0 Å². The van der Waals surface area contributed by atoms with Gasteiger partial charge in [0.1, 0.15) is 0 Å². The predicted octanol–water partition coefficient (Wildman–Crippen LogP) is 1.71. The topological polar surface area (TPSA) is 138 Å². The molecule has 3 fully saturated rings. The van der Waals surface area contributed by atoms with E-state index in [-0.39, 0.29) is 36.4 Å². The fourth-order valence-corrected chi connectivity index (χ4v) is 8.28. The van der Waals surface area contributed by atoms with Gasteiger partial charge in [-0.25, -0.2) is 0 Å². The number of ketones is 1. The molecule has 0 spiro atoms. The molecule has 0 bridgehead atoms. The van der Waals surface area contributed by atoms with Gasteiger partial charge in [0.15, 0.2) is 5.78 Å². The molecule has 6 N–H and O–H groups in total. The minimum atomic E-state index is -1.52. The third kappa shape index (κ3) is 3.57. The maximum absolute atomic E-state index is 13.3. The Bertz CT molecular complexity index is 852. The average molecular weight is 481 g/mol. The minimum absolute atomic E-state index is 0.0477. The largest absolute Gasteiger partial charge is 0.393 e. The molecule has 0 aromatic heterocycles. The average Bonchev–Trinajstić information content (AvgIpc) is 3.02. The Hall–Kier alpha value is -0.830. The molecule has 11 atom stereocenters. The van der Waals surface area contributed by atoms with Gasteiger partial charge in [-0.2, -0.15) is 0 Å². The summed E-state index contributed by atoms with van der Waals surface area (Å²) in [6.07, 6.45) is 0.680. The summed E-state index contributed by atoms with van der Waals surface area (Å²) in [6.45, 7) is 9.30. The standard InChI is InChI=1S/C27H44O7/c1-14(2)18(28)12-23(32)26(5,33)22-7-9-27(34)16-10-19(29)17-11-20(30)21(31)13-24(17,3)15(16)6-8-25(22,27)4/h10,14-15,17-18,20-23,28,30-34H,6-9,11-13H2,1-5H3/t15?,17-,18?,20+,21-,22-,23?,24+,25+,26?,27+/m0/s1. The van der Waals surface area contributed by atoms with Crippen molar-refractivity contribution in [2.45, 2.75) is 115 Å². The van der Waals surface area contributed by atoms with Gasteiger partial charge in [0, 0.05) is 17.8 Å². The van der Waals surface area contributed by atoms with Crippen molar-refractivity contribution in [3.05, 3.63) is 11.6 Å². The monoisotopic (exact) mass is 480 g/mol. The van der Waals surface area contributed by atoms with E-state index in [0.717, 1.165) is 0 Å². The number of hydrogen-bond donors (Lipinski definition) is 6. The second-order valence-corrected chi connectivity index (χ2v) is 12.9. The van der Waals surface area contributed by atoms with Crippen LogP contribution in [-0.4, -0.2) is 72.0 Å². The highest BCUT2D eigenvalue weighted by molar-refractivity contribution is 5.95. The van der Waals surface area contributed by atoms with Crippen LogP contribution in [0.1, 0.15) is 79.6 Å². The highest BCUT2D eigenvalue weighted by Crippen LogP contribution is 2.68. The summed E-state index contributed by atoms with van der Waals surface area (Å²) in [4.78, 5) is 13.3.